The van der Waals surface area contributed by atoms with Crippen LogP contribution >= 0.6 is 19.4 Å². The Labute approximate surface area is 137 Å². The van der Waals surface area contributed by atoms with Crippen LogP contribution in [0.25, 0.3) is 0 Å². The van der Waals surface area contributed by atoms with Crippen LogP contribution in [-0.2, 0) is 13.6 Å². The Kier molecular flexibility index (Phi) is 6.00. The molecule has 0 aliphatic carbocycles. The first-order valence-electron chi connectivity index (χ1n) is 7.98. The highest BCUT2D eigenvalue weighted by atomic mass is 32.2. The van der Waals surface area contributed by atoms with Gasteiger partial charge in [-0.2, -0.15) is 0 Å². The molecule has 0 radical (unpaired) electrons. The molecule has 1 aliphatic heterocycles. The lowest BCUT2D eigenvalue weighted by molar-refractivity contribution is 0.207. The van der Waals surface area contributed by atoms with Gasteiger partial charge in [0, 0.05) is 10.6 Å². The second-order valence-corrected chi connectivity index (χ2v) is 8.86. The van der Waals surface area contributed by atoms with Crippen LogP contribution < -0.4 is 5.32 Å². The molecule has 2 rings (SSSR count). The number of para-hydroxylation sites is 1. The maximum Gasteiger partial charge on any atom is 0.354 e. The number of rotatable bonds is 7. The predicted octanol–water partition coefficient (Wildman–Crippen LogP) is 5.36. The number of thioether (sulfide) groups is 1. The summed E-state index contributed by atoms with van der Waals surface area (Å²) in [6, 6.07) is 8.15. The lowest BCUT2D eigenvalue weighted by Gasteiger charge is -2.45. The number of anilines is 1. The normalized spacial score (nSPS) is 20.3. The van der Waals surface area contributed by atoms with E-state index in [9.17, 15) is 4.57 Å². The zero-order valence-corrected chi connectivity index (χ0v) is 15.5. The molecule has 1 N–H and O–H groups in total. The quantitative estimate of drug-likeness (QED) is 0.676. The molecule has 1 atom stereocenters. The lowest BCUT2D eigenvalue weighted by atomic mass is 10.0. The molecule has 124 valence electrons. The topological polar surface area (TPSA) is 47.6 Å². The SMILES string of the molecule is CCOP(=O)(OCC)[C@H]1Nc2ccccc2SC1(CC)CC. The van der Waals surface area contributed by atoms with Crippen LogP contribution in [0.2, 0.25) is 0 Å². The van der Waals surface area contributed by atoms with Gasteiger partial charge in [0.15, 0.2) is 0 Å². The van der Waals surface area contributed by atoms with Crippen molar-refractivity contribution in [1.29, 1.82) is 0 Å². The third kappa shape index (κ3) is 3.23. The van der Waals surface area contributed by atoms with Crippen molar-refractivity contribution in [2.24, 2.45) is 0 Å². The van der Waals surface area contributed by atoms with Crippen molar-refractivity contribution in [2.45, 2.75) is 56.0 Å². The van der Waals surface area contributed by atoms with Crippen molar-refractivity contribution in [1.82, 2.24) is 0 Å². The maximum absolute atomic E-state index is 13.4. The molecular weight excluding hydrogens is 317 g/mol. The van der Waals surface area contributed by atoms with Crippen molar-refractivity contribution in [3.05, 3.63) is 24.3 Å². The van der Waals surface area contributed by atoms with Gasteiger partial charge in [-0.25, -0.2) is 0 Å². The van der Waals surface area contributed by atoms with E-state index >= 15 is 0 Å². The molecule has 22 heavy (non-hydrogen) atoms. The van der Waals surface area contributed by atoms with E-state index in [2.05, 4.69) is 25.2 Å². The first kappa shape index (κ1) is 17.9. The third-order valence-corrected chi connectivity index (χ3v) is 8.58. The van der Waals surface area contributed by atoms with Crippen LogP contribution in [0.15, 0.2) is 29.2 Å². The Bertz CT molecular complexity index is 538. The predicted molar refractivity (Wildman–Crippen MR) is 93.9 cm³/mol. The molecule has 1 aromatic rings. The van der Waals surface area contributed by atoms with Gasteiger partial charge in [0.2, 0.25) is 0 Å². The second-order valence-electron chi connectivity index (χ2n) is 5.29. The van der Waals surface area contributed by atoms with Crippen molar-refractivity contribution >= 4 is 25.0 Å². The van der Waals surface area contributed by atoms with E-state index in [-0.39, 0.29) is 10.5 Å². The van der Waals surface area contributed by atoms with E-state index < -0.39 is 7.60 Å². The summed E-state index contributed by atoms with van der Waals surface area (Å²) < 4.78 is 24.5. The van der Waals surface area contributed by atoms with Crippen molar-refractivity contribution < 1.29 is 13.6 Å². The molecule has 0 bridgehead atoms. The number of hydrogen-bond donors (Lipinski definition) is 1. The van der Waals surface area contributed by atoms with Gasteiger partial charge in [0.1, 0.15) is 5.78 Å². The van der Waals surface area contributed by atoms with Gasteiger partial charge >= 0.3 is 7.60 Å². The Hall–Kier alpha value is -0.480. The minimum absolute atomic E-state index is 0.200. The number of fused-ring (bicyclic) bond motifs is 1. The third-order valence-electron chi connectivity index (χ3n) is 4.12. The summed E-state index contributed by atoms with van der Waals surface area (Å²) >= 11 is 1.80. The lowest BCUT2D eigenvalue weighted by Crippen LogP contribution is -2.46. The summed E-state index contributed by atoms with van der Waals surface area (Å²) in [7, 11) is -3.24. The minimum Gasteiger partial charge on any atom is -0.369 e. The van der Waals surface area contributed by atoms with Gasteiger partial charge in [0.05, 0.1) is 18.0 Å². The molecule has 4 nitrogen and oxygen atoms in total. The van der Waals surface area contributed by atoms with Crippen molar-refractivity contribution in [2.75, 3.05) is 18.5 Å². The zero-order valence-electron chi connectivity index (χ0n) is 13.8. The van der Waals surface area contributed by atoms with Gasteiger partial charge in [-0.1, -0.05) is 26.0 Å². The number of nitrogens with one attached hydrogen (secondary N) is 1. The standard InChI is InChI=1S/C16H26NO3PS/c1-5-16(6-2)15(21(18,19-7-3)20-8-4)17-13-11-9-10-12-14(13)22-16/h9-12,15,17H,5-8H2,1-4H3/t15-/m1/s1. The molecule has 0 fully saturated rings. The Morgan fingerprint density at radius 3 is 2.27 bits per heavy atom. The minimum atomic E-state index is -3.24. The maximum atomic E-state index is 13.4. The molecule has 0 spiro atoms. The van der Waals surface area contributed by atoms with Crippen LogP contribution in [-0.4, -0.2) is 23.7 Å². The average molecular weight is 343 g/mol. The Morgan fingerprint density at radius 1 is 1.14 bits per heavy atom. The molecule has 0 unspecified atom stereocenters. The van der Waals surface area contributed by atoms with Crippen LogP contribution in [0.5, 0.6) is 0 Å². The van der Waals surface area contributed by atoms with Gasteiger partial charge < -0.3 is 14.4 Å². The first-order valence-corrected chi connectivity index (χ1v) is 10.4. The summed E-state index contributed by atoms with van der Waals surface area (Å²) in [5.74, 6) is -0.338. The highest BCUT2D eigenvalue weighted by Gasteiger charge is 2.52. The van der Waals surface area contributed by atoms with Gasteiger partial charge in [-0.3, -0.25) is 4.57 Å². The van der Waals surface area contributed by atoms with E-state index in [4.69, 9.17) is 9.05 Å². The highest BCUT2D eigenvalue weighted by molar-refractivity contribution is 8.01. The fourth-order valence-corrected chi connectivity index (χ4v) is 7.08. The van der Waals surface area contributed by atoms with Gasteiger partial charge in [-0.15, -0.1) is 11.8 Å². The van der Waals surface area contributed by atoms with Crippen LogP contribution in [0.4, 0.5) is 5.69 Å². The summed E-state index contributed by atoms with van der Waals surface area (Å²) in [5.41, 5.74) is 1.01. The molecular formula is C16H26NO3PS. The van der Waals surface area contributed by atoms with Crippen molar-refractivity contribution in [3.63, 3.8) is 0 Å². The number of benzene rings is 1. The molecule has 1 aliphatic rings. The molecule has 0 amide bonds. The van der Waals surface area contributed by atoms with E-state index in [1.54, 1.807) is 11.8 Å². The molecule has 1 heterocycles. The van der Waals surface area contributed by atoms with Crippen LogP contribution in [0.3, 0.4) is 0 Å². The second kappa shape index (κ2) is 7.39. The Balaban J connectivity index is 2.48. The van der Waals surface area contributed by atoms with Gasteiger partial charge in [-0.05, 0) is 38.8 Å². The monoisotopic (exact) mass is 343 g/mol. The largest absolute Gasteiger partial charge is 0.369 e. The fourth-order valence-electron chi connectivity index (χ4n) is 2.92. The summed E-state index contributed by atoms with van der Waals surface area (Å²) in [6.45, 7) is 8.75. The fraction of sp³-hybridized carbons (Fsp3) is 0.625. The van der Waals surface area contributed by atoms with E-state index in [1.807, 2.05) is 32.0 Å². The first-order chi connectivity index (χ1) is 10.5. The van der Waals surface area contributed by atoms with Crippen molar-refractivity contribution in [3.8, 4) is 0 Å². The number of hydrogen-bond acceptors (Lipinski definition) is 5. The van der Waals surface area contributed by atoms with Gasteiger partial charge in [0.25, 0.3) is 0 Å². The van der Waals surface area contributed by atoms with E-state index in [0.29, 0.717) is 13.2 Å². The molecule has 0 saturated carbocycles. The highest BCUT2D eigenvalue weighted by Crippen LogP contribution is 2.64. The smallest absolute Gasteiger partial charge is 0.354 e. The van der Waals surface area contributed by atoms with Crippen LogP contribution in [0, 0.1) is 0 Å². The average Bonchev–Trinajstić information content (AvgIpc) is 2.54. The summed E-state index contributed by atoms with van der Waals surface area (Å²) in [5, 5.41) is 3.47. The zero-order chi connectivity index (χ0) is 16.2. The molecule has 0 aromatic heterocycles. The molecule has 6 heteroatoms. The molecule has 1 aromatic carbocycles. The van der Waals surface area contributed by atoms with Crippen LogP contribution in [0.1, 0.15) is 40.5 Å². The summed E-state index contributed by atoms with van der Waals surface area (Å²) in [4.78, 5) is 1.20. The summed E-state index contributed by atoms with van der Waals surface area (Å²) in [6.07, 6.45) is 1.79. The van der Waals surface area contributed by atoms with E-state index in [0.717, 1.165) is 18.5 Å². The Morgan fingerprint density at radius 2 is 1.73 bits per heavy atom. The van der Waals surface area contributed by atoms with E-state index in [1.165, 1.54) is 4.90 Å². The molecule has 0 saturated heterocycles.